The summed E-state index contributed by atoms with van der Waals surface area (Å²) in [6, 6.07) is 20.6. The molecular formula is C24H25N. The van der Waals surface area contributed by atoms with E-state index in [9.17, 15) is 1.37 Å². The first-order valence-corrected chi connectivity index (χ1v) is 8.83. The van der Waals surface area contributed by atoms with Crippen LogP contribution >= 0.6 is 0 Å². The number of nitrogens with zero attached hydrogens (tertiary/aromatic N) is 1. The van der Waals surface area contributed by atoms with Crippen LogP contribution in [-0.4, -0.2) is 4.98 Å². The highest BCUT2D eigenvalue weighted by Gasteiger charge is 2.24. The molecule has 0 amide bonds. The molecule has 0 saturated heterocycles. The molecule has 1 aliphatic carbocycles. The molecule has 126 valence electrons. The molecule has 1 nitrogen and oxygen atoms in total. The second-order valence-electron chi connectivity index (χ2n) is 6.55. The molecule has 0 atom stereocenters. The molecule has 4 rings (SSSR count). The Morgan fingerprint density at radius 1 is 0.880 bits per heavy atom. The third kappa shape index (κ3) is 3.51. The van der Waals surface area contributed by atoms with Crippen LogP contribution in [0.2, 0.25) is 0 Å². The minimum Gasteiger partial charge on any atom is -0.256 e. The summed E-state index contributed by atoms with van der Waals surface area (Å²) in [4.78, 5) is 4.38. The van der Waals surface area contributed by atoms with Crippen LogP contribution in [0.4, 0.5) is 0 Å². The zero-order valence-corrected chi connectivity index (χ0v) is 14.2. The molecule has 1 fully saturated rings. The lowest BCUT2D eigenvalue weighted by Crippen LogP contribution is -2.13. The zero-order chi connectivity index (χ0) is 21.4. The first kappa shape index (κ1) is 11.3. The molecule has 0 aliphatic heterocycles. The van der Waals surface area contributed by atoms with Gasteiger partial charge in [0.1, 0.15) is 0 Å². The largest absolute Gasteiger partial charge is 0.256 e. The number of pyridine rings is 1. The van der Waals surface area contributed by atoms with E-state index in [1.807, 2.05) is 54.6 Å². The maximum atomic E-state index is 9.23. The van der Waals surface area contributed by atoms with Crippen molar-refractivity contribution in [1.29, 1.82) is 0 Å². The van der Waals surface area contributed by atoms with Crippen LogP contribution in [-0.2, 0) is 0 Å². The molecule has 0 N–H and O–H groups in total. The summed E-state index contributed by atoms with van der Waals surface area (Å²) in [5, 5.41) is 0. The Balaban J connectivity index is 1.72. The molecule has 0 spiro atoms. The monoisotopic (exact) mass is 332 g/mol. The fourth-order valence-electron chi connectivity index (χ4n) is 3.62. The van der Waals surface area contributed by atoms with E-state index in [2.05, 4.69) is 4.98 Å². The molecule has 1 aromatic heterocycles. The van der Waals surface area contributed by atoms with E-state index in [4.69, 9.17) is 5.48 Å². The molecule has 0 bridgehead atoms. The van der Waals surface area contributed by atoms with E-state index < -0.39 is 18.6 Å². The van der Waals surface area contributed by atoms with Crippen LogP contribution in [0.3, 0.4) is 0 Å². The van der Waals surface area contributed by atoms with Crippen LogP contribution in [0.15, 0.2) is 72.9 Å². The van der Waals surface area contributed by atoms with Gasteiger partial charge in [0.25, 0.3) is 0 Å². The van der Waals surface area contributed by atoms with Gasteiger partial charge in [-0.2, -0.15) is 0 Å². The summed E-state index contributed by atoms with van der Waals surface area (Å²) >= 11 is 0. The highest BCUT2D eigenvalue weighted by atomic mass is 14.7. The van der Waals surface area contributed by atoms with E-state index in [-0.39, 0.29) is 5.56 Å². The highest BCUT2D eigenvalue weighted by molar-refractivity contribution is 5.61. The lowest BCUT2D eigenvalue weighted by Gasteiger charge is -2.30. The predicted octanol–water partition coefficient (Wildman–Crippen LogP) is 6.50. The number of benzene rings is 2. The normalized spacial score (nSPS) is 29.7. The number of aromatic nitrogens is 1. The van der Waals surface area contributed by atoms with Crippen molar-refractivity contribution < 1.29 is 6.85 Å². The van der Waals surface area contributed by atoms with Gasteiger partial charge in [-0.15, -0.1) is 0 Å². The molecule has 1 heterocycles. The van der Waals surface area contributed by atoms with Crippen molar-refractivity contribution >= 4 is 0 Å². The summed E-state index contributed by atoms with van der Waals surface area (Å²) < 4.78 is 42.2. The van der Waals surface area contributed by atoms with Gasteiger partial charge in [-0.05, 0) is 79.2 Å². The first-order valence-electron chi connectivity index (χ1n) is 11.3. The molecule has 25 heavy (non-hydrogen) atoms. The second-order valence-corrected chi connectivity index (χ2v) is 6.55. The first-order chi connectivity index (χ1) is 14.2. The molecule has 3 aromatic rings. The fraction of sp³-hybridized carbons (Fsp3) is 0.292. The van der Waals surface area contributed by atoms with Gasteiger partial charge in [0.05, 0.1) is 5.69 Å². The van der Waals surface area contributed by atoms with Crippen molar-refractivity contribution in [3.8, 4) is 11.3 Å². The Kier molecular flexibility index (Phi) is 3.25. The quantitative estimate of drug-likeness (QED) is 0.533. The average Bonchev–Trinajstić information content (AvgIpc) is 2.76. The predicted molar refractivity (Wildman–Crippen MR) is 105 cm³/mol. The Hall–Kier alpha value is -2.41. The van der Waals surface area contributed by atoms with Gasteiger partial charge in [-0.1, -0.05) is 48.5 Å². The van der Waals surface area contributed by atoms with Gasteiger partial charge < -0.3 is 0 Å². The van der Waals surface area contributed by atoms with Crippen LogP contribution in [0.1, 0.15) is 61.0 Å². The summed E-state index contributed by atoms with van der Waals surface area (Å²) in [6.45, 7) is -2.29. The van der Waals surface area contributed by atoms with Crippen LogP contribution in [0.5, 0.6) is 0 Å². The number of hydrogen-bond acceptors (Lipinski definition) is 1. The minimum absolute atomic E-state index is 0.231. The highest BCUT2D eigenvalue weighted by Crippen LogP contribution is 2.41. The summed E-state index contributed by atoms with van der Waals surface area (Å²) in [5.74, 6) is -1.77. The van der Waals surface area contributed by atoms with Crippen LogP contribution < -0.4 is 0 Å². The third-order valence-electron chi connectivity index (χ3n) is 5.00. The Morgan fingerprint density at radius 3 is 2.36 bits per heavy atom. The smallest absolute Gasteiger partial charge is 0.0702 e. The van der Waals surface area contributed by atoms with Crippen molar-refractivity contribution in [1.82, 2.24) is 4.98 Å². The molecule has 1 heteroatoms. The van der Waals surface area contributed by atoms with E-state index in [1.54, 1.807) is 18.3 Å². The molecule has 2 aromatic carbocycles. The van der Waals surface area contributed by atoms with Crippen LogP contribution in [0.25, 0.3) is 11.3 Å². The Bertz CT molecular complexity index is 1010. The maximum absolute atomic E-state index is 9.23. The zero-order valence-electron chi connectivity index (χ0n) is 19.2. The maximum Gasteiger partial charge on any atom is 0.0702 e. The van der Waals surface area contributed by atoms with Gasteiger partial charge in [0.2, 0.25) is 0 Å². The van der Waals surface area contributed by atoms with Gasteiger partial charge in [0, 0.05) is 18.6 Å². The van der Waals surface area contributed by atoms with Gasteiger partial charge >= 0.3 is 0 Å². The number of aryl methyl sites for hydroxylation is 1. The van der Waals surface area contributed by atoms with Crippen molar-refractivity contribution in [2.45, 2.75) is 44.3 Å². The average molecular weight is 333 g/mol. The summed E-state index contributed by atoms with van der Waals surface area (Å²) in [7, 11) is 0. The van der Waals surface area contributed by atoms with E-state index in [0.717, 1.165) is 16.8 Å². The van der Waals surface area contributed by atoms with E-state index in [1.165, 1.54) is 0 Å². The van der Waals surface area contributed by atoms with Gasteiger partial charge in [-0.3, -0.25) is 4.98 Å². The summed E-state index contributed by atoms with van der Waals surface area (Å²) in [6.07, 6.45) is 3.64. The Labute approximate surface area is 157 Å². The van der Waals surface area contributed by atoms with E-state index >= 15 is 0 Å². The topological polar surface area (TPSA) is 12.9 Å². The Morgan fingerprint density at radius 2 is 1.64 bits per heavy atom. The van der Waals surface area contributed by atoms with Crippen molar-refractivity contribution in [2.24, 2.45) is 0 Å². The molecule has 1 saturated carbocycles. The lowest BCUT2D eigenvalue weighted by molar-refractivity contribution is 0.395. The fourth-order valence-corrected chi connectivity index (χ4v) is 3.62. The van der Waals surface area contributed by atoms with Gasteiger partial charge in [0.15, 0.2) is 0 Å². The lowest BCUT2D eigenvalue weighted by atomic mass is 9.75. The second kappa shape index (κ2) is 7.23. The molecular weight excluding hydrogens is 302 g/mol. The number of rotatable bonds is 3. The summed E-state index contributed by atoms with van der Waals surface area (Å²) in [5.41, 5.74) is 3.31. The minimum atomic E-state index is -2.29. The van der Waals surface area contributed by atoms with E-state index in [0.29, 0.717) is 31.2 Å². The molecule has 0 unspecified atom stereocenters. The third-order valence-corrected chi connectivity index (χ3v) is 5.00. The van der Waals surface area contributed by atoms with Crippen LogP contribution in [0, 0.1) is 6.85 Å². The van der Waals surface area contributed by atoms with Gasteiger partial charge in [-0.25, -0.2) is 0 Å². The molecule has 1 aliphatic rings. The van der Waals surface area contributed by atoms with Crippen molar-refractivity contribution in [3.63, 3.8) is 0 Å². The van der Waals surface area contributed by atoms with Crippen molar-refractivity contribution in [2.75, 3.05) is 0 Å². The molecule has 0 radical (unpaired) electrons. The van der Waals surface area contributed by atoms with Crippen molar-refractivity contribution in [3.05, 3.63) is 89.6 Å². The standard InChI is InChI=1S/C24H25N/c1-18-10-11-22(24-9-5-6-16-25-24)17-23(18)21-14-12-20(13-15-21)19-7-3-2-4-8-19/h2-11,16-17,20-21H,12-15H2,1H3/i1D3,20D,21D. The SMILES string of the molecule is [2H]C([2H])([2H])c1ccc(-c2ccccn2)cc1C1([2H])CCC([2H])(c2ccccc2)CC1. The number of hydrogen-bond donors (Lipinski definition) is 0.